The lowest BCUT2D eigenvalue weighted by Gasteiger charge is -2.32. The van der Waals surface area contributed by atoms with Crippen molar-refractivity contribution in [1.29, 1.82) is 0 Å². The van der Waals surface area contributed by atoms with Gasteiger partial charge in [-0.1, -0.05) is 0 Å². The number of piperidine rings is 1. The number of aromatic nitrogens is 4. The molecule has 6 heteroatoms. The van der Waals surface area contributed by atoms with Crippen LogP contribution < -0.4 is 0 Å². The van der Waals surface area contributed by atoms with Crippen LogP contribution in [0.1, 0.15) is 34.5 Å². The van der Waals surface area contributed by atoms with E-state index in [1.807, 2.05) is 29.5 Å². The molecule has 0 aliphatic carbocycles. The molecule has 1 aliphatic rings. The van der Waals surface area contributed by atoms with Gasteiger partial charge in [0.05, 0.1) is 0 Å². The summed E-state index contributed by atoms with van der Waals surface area (Å²) < 4.78 is 1.84. The summed E-state index contributed by atoms with van der Waals surface area (Å²) in [7, 11) is 0. The van der Waals surface area contributed by atoms with E-state index in [-0.39, 0.29) is 5.91 Å². The van der Waals surface area contributed by atoms with Gasteiger partial charge in [-0.05, 0) is 49.8 Å². The number of likely N-dealkylation sites (tertiary alicyclic amines) is 1. The van der Waals surface area contributed by atoms with Crippen LogP contribution in [-0.2, 0) is 6.54 Å². The van der Waals surface area contributed by atoms with Crippen molar-refractivity contribution in [2.75, 3.05) is 13.1 Å². The van der Waals surface area contributed by atoms with E-state index in [0.717, 1.165) is 43.6 Å². The highest BCUT2D eigenvalue weighted by molar-refractivity contribution is 5.92. The summed E-state index contributed by atoms with van der Waals surface area (Å²) in [5.74, 6) is 0.456. The molecule has 0 bridgehead atoms. The zero-order valence-corrected chi connectivity index (χ0v) is 13.1. The smallest absolute Gasteiger partial charge is 0.272 e. The highest BCUT2D eigenvalue weighted by Gasteiger charge is 2.25. The van der Waals surface area contributed by atoms with E-state index in [1.165, 1.54) is 0 Å². The zero-order valence-electron chi connectivity index (χ0n) is 13.1. The summed E-state index contributed by atoms with van der Waals surface area (Å²) in [4.78, 5) is 22.8. The number of aryl methyl sites for hydroxylation is 2. The maximum Gasteiger partial charge on any atom is 0.272 e. The van der Waals surface area contributed by atoms with Crippen molar-refractivity contribution in [2.45, 2.75) is 33.2 Å². The first-order valence-electron chi connectivity index (χ1n) is 7.68. The Kier molecular flexibility index (Phi) is 4.18. The van der Waals surface area contributed by atoms with Gasteiger partial charge in [-0.2, -0.15) is 5.10 Å². The van der Waals surface area contributed by atoms with Gasteiger partial charge < -0.3 is 4.90 Å². The summed E-state index contributed by atoms with van der Waals surface area (Å²) in [6, 6.07) is 1.89. The molecule has 6 nitrogen and oxygen atoms in total. The number of carbonyl (C=O) groups is 1. The fourth-order valence-electron chi connectivity index (χ4n) is 2.89. The van der Waals surface area contributed by atoms with Crippen LogP contribution in [0.15, 0.2) is 24.9 Å². The number of rotatable bonds is 3. The van der Waals surface area contributed by atoms with Crippen LogP contribution in [0.3, 0.4) is 0 Å². The Hall–Kier alpha value is -2.24. The summed E-state index contributed by atoms with van der Waals surface area (Å²) in [5.41, 5.74) is 2.76. The summed E-state index contributed by atoms with van der Waals surface area (Å²) >= 11 is 0. The molecule has 1 unspecified atom stereocenters. The van der Waals surface area contributed by atoms with Crippen molar-refractivity contribution in [3.05, 3.63) is 41.7 Å². The number of amides is 1. The molecule has 2 aromatic heterocycles. The first-order valence-corrected chi connectivity index (χ1v) is 7.68. The number of nitrogens with zero attached hydrogens (tertiary/aromatic N) is 5. The fourth-order valence-corrected chi connectivity index (χ4v) is 2.89. The third-order valence-electron chi connectivity index (χ3n) is 4.31. The third-order valence-corrected chi connectivity index (χ3v) is 4.31. The molecular formula is C16H21N5O. The molecule has 1 fully saturated rings. The van der Waals surface area contributed by atoms with Gasteiger partial charge in [0.25, 0.3) is 5.91 Å². The number of carbonyl (C=O) groups excluding carboxylic acids is 1. The molecule has 0 aromatic carbocycles. The van der Waals surface area contributed by atoms with Gasteiger partial charge in [0.2, 0.25) is 0 Å². The van der Waals surface area contributed by atoms with Crippen LogP contribution >= 0.6 is 0 Å². The van der Waals surface area contributed by atoms with Gasteiger partial charge in [0, 0.05) is 25.8 Å². The Morgan fingerprint density at radius 3 is 2.95 bits per heavy atom. The summed E-state index contributed by atoms with van der Waals surface area (Å²) in [6.07, 6.45) is 7.19. The van der Waals surface area contributed by atoms with Crippen molar-refractivity contribution in [1.82, 2.24) is 24.6 Å². The molecule has 1 aliphatic heterocycles. The average molecular weight is 299 g/mol. The van der Waals surface area contributed by atoms with Crippen LogP contribution in [0.2, 0.25) is 0 Å². The molecule has 0 saturated carbocycles. The first kappa shape index (κ1) is 14.7. The van der Waals surface area contributed by atoms with Crippen LogP contribution in [-0.4, -0.2) is 43.6 Å². The van der Waals surface area contributed by atoms with Crippen molar-refractivity contribution in [3.63, 3.8) is 0 Å². The zero-order chi connectivity index (χ0) is 15.5. The quantitative estimate of drug-likeness (QED) is 0.867. The maximum absolute atomic E-state index is 12.6. The van der Waals surface area contributed by atoms with Gasteiger partial charge in [-0.25, -0.2) is 4.98 Å². The van der Waals surface area contributed by atoms with Crippen molar-refractivity contribution in [2.24, 2.45) is 5.92 Å². The Bertz CT molecular complexity index is 653. The van der Waals surface area contributed by atoms with Gasteiger partial charge in [-0.15, -0.1) is 0 Å². The fraction of sp³-hybridized carbons (Fsp3) is 0.500. The van der Waals surface area contributed by atoms with E-state index < -0.39 is 0 Å². The Morgan fingerprint density at radius 1 is 1.36 bits per heavy atom. The first-order chi connectivity index (χ1) is 10.6. The highest BCUT2D eigenvalue weighted by Crippen LogP contribution is 2.20. The lowest BCUT2D eigenvalue weighted by atomic mass is 9.97. The van der Waals surface area contributed by atoms with Gasteiger partial charge in [0.1, 0.15) is 18.3 Å². The normalized spacial score (nSPS) is 18.5. The Morgan fingerprint density at radius 2 is 2.23 bits per heavy atom. The van der Waals surface area contributed by atoms with Crippen molar-refractivity contribution < 1.29 is 4.79 Å². The summed E-state index contributed by atoms with van der Waals surface area (Å²) in [6.45, 7) is 6.39. The minimum Gasteiger partial charge on any atom is -0.337 e. The van der Waals surface area contributed by atoms with Crippen molar-refractivity contribution in [3.8, 4) is 0 Å². The molecule has 0 spiro atoms. The van der Waals surface area contributed by atoms with Gasteiger partial charge >= 0.3 is 0 Å². The minimum atomic E-state index is 0.0337. The van der Waals surface area contributed by atoms with Gasteiger partial charge in [-0.3, -0.25) is 14.5 Å². The maximum atomic E-state index is 12.6. The topological polar surface area (TPSA) is 63.9 Å². The van der Waals surface area contributed by atoms with E-state index in [4.69, 9.17) is 0 Å². The molecule has 116 valence electrons. The van der Waals surface area contributed by atoms with Crippen LogP contribution in [0.25, 0.3) is 0 Å². The highest BCUT2D eigenvalue weighted by atomic mass is 16.2. The number of hydrogen-bond acceptors (Lipinski definition) is 4. The second-order valence-electron chi connectivity index (χ2n) is 6.03. The second kappa shape index (κ2) is 6.25. The largest absolute Gasteiger partial charge is 0.337 e. The third kappa shape index (κ3) is 3.16. The minimum absolute atomic E-state index is 0.0337. The molecule has 0 N–H and O–H groups in total. The summed E-state index contributed by atoms with van der Waals surface area (Å²) in [5, 5.41) is 4.15. The van der Waals surface area contributed by atoms with E-state index in [0.29, 0.717) is 11.6 Å². The Balaban J connectivity index is 1.68. The molecular weight excluding hydrogens is 278 g/mol. The van der Waals surface area contributed by atoms with Gasteiger partial charge in [0.15, 0.2) is 0 Å². The average Bonchev–Trinajstić information content (AvgIpc) is 3.02. The van der Waals surface area contributed by atoms with Crippen LogP contribution in [0, 0.1) is 19.8 Å². The molecule has 1 atom stereocenters. The lowest BCUT2D eigenvalue weighted by Crippen LogP contribution is -2.41. The molecule has 3 rings (SSSR count). The van der Waals surface area contributed by atoms with Crippen LogP contribution in [0.5, 0.6) is 0 Å². The lowest BCUT2D eigenvalue weighted by molar-refractivity contribution is 0.0653. The van der Waals surface area contributed by atoms with E-state index >= 15 is 0 Å². The van der Waals surface area contributed by atoms with E-state index in [1.54, 1.807) is 18.9 Å². The molecule has 1 amide bonds. The molecule has 1 saturated heterocycles. The van der Waals surface area contributed by atoms with E-state index in [2.05, 4.69) is 15.1 Å². The van der Waals surface area contributed by atoms with Crippen LogP contribution in [0.4, 0.5) is 0 Å². The Labute approximate surface area is 130 Å². The van der Waals surface area contributed by atoms with Crippen molar-refractivity contribution >= 4 is 5.91 Å². The predicted molar refractivity (Wildman–Crippen MR) is 82.4 cm³/mol. The standard InChI is InChI=1S/C16H21N5O/c1-12-6-15(18-7-13(12)2)16(22)20-5-3-4-14(8-20)9-21-11-17-10-19-21/h6-7,10-11,14H,3-5,8-9H2,1-2H3. The molecule has 2 aromatic rings. The molecule has 22 heavy (non-hydrogen) atoms. The second-order valence-corrected chi connectivity index (χ2v) is 6.03. The monoisotopic (exact) mass is 299 g/mol. The SMILES string of the molecule is Cc1cnc(C(=O)N2CCCC(Cn3cncn3)C2)cc1C. The molecule has 0 radical (unpaired) electrons. The number of pyridine rings is 1. The predicted octanol–water partition coefficient (Wildman–Crippen LogP) is 1.84. The van der Waals surface area contributed by atoms with E-state index in [9.17, 15) is 4.79 Å². The number of hydrogen-bond donors (Lipinski definition) is 0. The molecule has 3 heterocycles.